The molecule has 0 radical (unpaired) electrons. The molecule has 1 aliphatic heterocycles. The Hall–Kier alpha value is -4.14. The van der Waals surface area contributed by atoms with Gasteiger partial charge in [-0.15, -0.1) is 5.10 Å². The highest BCUT2D eigenvalue weighted by atomic mass is 16.5. The first-order chi connectivity index (χ1) is 20.2. The minimum absolute atomic E-state index is 0.0618. The topological polar surface area (TPSA) is 88.9 Å². The molecule has 2 aromatic heterocycles. The summed E-state index contributed by atoms with van der Waals surface area (Å²) in [4.78, 5) is 19.3. The maximum atomic E-state index is 13.8. The van der Waals surface area contributed by atoms with E-state index in [1.807, 2.05) is 28.9 Å². The molecular weight excluding hydrogens is 512 g/mol. The average Bonchev–Trinajstić information content (AvgIpc) is 3.70. The summed E-state index contributed by atoms with van der Waals surface area (Å²) < 4.78 is 7.78. The van der Waals surface area contributed by atoms with E-state index >= 15 is 0 Å². The Bertz CT molecular complexity index is 1630. The molecule has 0 bridgehead atoms. The van der Waals surface area contributed by atoms with Gasteiger partial charge in [0, 0.05) is 30.8 Å². The molecule has 6 rings (SSSR count). The first-order valence-electron chi connectivity index (χ1n) is 14.5. The molecule has 3 heterocycles. The number of rotatable bonds is 11. The zero-order chi connectivity index (χ0) is 28.0. The Morgan fingerprint density at radius 2 is 1.78 bits per heavy atom. The van der Waals surface area contributed by atoms with Crippen LogP contribution in [0.4, 0.5) is 0 Å². The van der Waals surface area contributed by atoms with E-state index in [0.717, 1.165) is 48.8 Å². The number of nitrogens with zero attached hydrogens (tertiary/aromatic N) is 5. The summed E-state index contributed by atoms with van der Waals surface area (Å²) in [6.45, 7) is 4.80. The van der Waals surface area contributed by atoms with Crippen molar-refractivity contribution < 1.29 is 4.74 Å². The molecule has 0 amide bonds. The molecular formula is C33H36N6O2. The molecule has 8 heteroatoms. The number of nitrogens with one attached hydrogen (secondary N) is 1. The Labute approximate surface area is 240 Å². The van der Waals surface area contributed by atoms with Crippen LogP contribution in [0.15, 0.2) is 89.7 Å². The lowest BCUT2D eigenvalue weighted by molar-refractivity contribution is 0.0906. The third kappa shape index (κ3) is 6.29. The van der Waals surface area contributed by atoms with E-state index in [1.54, 1.807) is 0 Å². The second-order valence-electron chi connectivity index (χ2n) is 10.8. The minimum atomic E-state index is -0.464. The molecule has 2 atom stereocenters. The van der Waals surface area contributed by atoms with Gasteiger partial charge in [0.2, 0.25) is 0 Å². The molecule has 210 valence electrons. The van der Waals surface area contributed by atoms with Crippen LogP contribution in [-0.2, 0) is 30.7 Å². The van der Waals surface area contributed by atoms with Crippen LogP contribution in [-0.4, -0.2) is 49.3 Å². The van der Waals surface area contributed by atoms with Crippen LogP contribution < -0.4 is 5.56 Å². The Balaban J connectivity index is 1.47. The van der Waals surface area contributed by atoms with E-state index < -0.39 is 6.04 Å². The maximum Gasteiger partial charge on any atom is 0.253 e. The predicted molar refractivity (Wildman–Crippen MR) is 160 cm³/mol. The van der Waals surface area contributed by atoms with Crippen molar-refractivity contribution in [1.82, 2.24) is 30.1 Å². The highest BCUT2D eigenvalue weighted by Crippen LogP contribution is 2.30. The smallest absolute Gasteiger partial charge is 0.253 e. The molecule has 0 spiro atoms. The molecule has 41 heavy (non-hydrogen) atoms. The summed E-state index contributed by atoms with van der Waals surface area (Å²) in [5, 5.41) is 14.1. The Morgan fingerprint density at radius 3 is 2.51 bits per heavy atom. The van der Waals surface area contributed by atoms with Crippen molar-refractivity contribution in [1.29, 1.82) is 0 Å². The number of aryl methyl sites for hydroxylation is 1. The monoisotopic (exact) mass is 548 g/mol. The van der Waals surface area contributed by atoms with Crippen LogP contribution in [0.3, 0.4) is 0 Å². The fourth-order valence-electron chi connectivity index (χ4n) is 5.75. The summed E-state index contributed by atoms with van der Waals surface area (Å²) in [5.74, 6) is 0.654. The van der Waals surface area contributed by atoms with E-state index in [2.05, 4.69) is 93.0 Å². The van der Waals surface area contributed by atoms with Gasteiger partial charge in [0.25, 0.3) is 5.56 Å². The number of aromatic nitrogens is 5. The molecule has 1 N–H and O–H groups in total. The quantitative estimate of drug-likeness (QED) is 0.247. The second-order valence-corrected chi connectivity index (χ2v) is 10.8. The number of tetrazole rings is 1. The van der Waals surface area contributed by atoms with Gasteiger partial charge in [-0.05, 0) is 76.4 Å². The summed E-state index contributed by atoms with van der Waals surface area (Å²) in [5.41, 5.74) is 4.96. The number of benzene rings is 3. The predicted octanol–water partition coefficient (Wildman–Crippen LogP) is 5.09. The van der Waals surface area contributed by atoms with Crippen LogP contribution in [0, 0.1) is 0 Å². The first kappa shape index (κ1) is 27.1. The zero-order valence-corrected chi connectivity index (χ0v) is 23.4. The van der Waals surface area contributed by atoms with Gasteiger partial charge in [0.05, 0.1) is 12.6 Å². The summed E-state index contributed by atoms with van der Waals surface area (Å²) in [7, 11) is 0. The van der Waals surface area contributed by atoms with Crippen LogP contribution in [0.2, 0.25) is 0 Å². The lowest BCUT2D eigenvalue weighted by Crippen LogP contribution is -2.37. The standard InChI is InChI=1S/C33H36N6O2/c1-2-24-15-16-30-27(20-24)21-29(33(40)34-30)31(32-35-36-37-39(32)23-28-14-9-19-41-28)38(22-26-12-7-4-8-13-26)18-17-25-10-5-3-6-11-25/h3-8,10-13,15-16,20-21,28,31H,2,9,14,17-19,22-23H2,1H3,(H,34,40)/t28-,31-/m1/s1. The van der Waals surface area contributed by atoms with Gasteiger partial charge in [-0.2, -0.15) is 0 Å². The van der Waals surface area contributed by atoms with Crippen LogP contribution in [0.5, 0.6) is 0 Å². The van der Waals surface area contributed by atoms with E-state index in [1.165, 1.54) is 11.1 Å². The van der Waals surface area contributed by atoms with Gasteiger partial charge in [-0.25, -0.2) is 4.68 Å². The van der Waals surface area contributed by atoms with Crippen LogP contribution in [0.1, 0.15) is 53.9 Å². The van der Waals surface area contributed by atoms with E-state index in [9.17, 15) is 4.79 Å². The minimum Gasteiger partial charge on any atom is -0.376 e. The molecule has 5 aromatic rings. The number of ether oxygens (including phenoxy) is 1. The lowest BCUT2D eigenvalue weighted by Gasteiger charge is -2.31. The van der Waals surface area contributed by atoms with Crippen molar-refractivity contribution in [2.24, 2.45) is 0 Å². The molecule has 0 aliphatic carbocycles. The summed E-state index contributed by atoms with van der Waals surface area (Å²) >= 11 is 0. The normalized spacial score (nSPS) is 16.0. The van der Waals surface area contributed by atoms with Crippen molar-refractivity contribution in [3.63, 3.8) is 0 Å². The van der Waals surface area contributed by atoms with E-state index in [4.69, 9.17) is 4.74 Å². The Morgan fingerprint density at radius 1 is 1.00 bits per heavy atom. The fraction of sp³-hybridized carbons (Fsp3) is 0.333. The van der Waals surface area contributed by atoms with Gasteiger partial charge >= 0.3 is 0 Å². The second kappa shape index (κ2) is 12.6. The number of H-pyrrole nitrogens is 1. The number of fused-ring (bicyclic) bond motifs is 1. The van der Waals surface area contributed by atoms with Crippen molar-refractivity contribution in [2.45, 2.75) is 57.8 Å². The SMILES string of the molecule is CCc1ccc2[nH]c(=O)c([C@H](c3nnnn3C[C@H]3CCCO3)N(CCc3ccccc3)Cc3ccccc3)cc2c1. The maximum absolute atomic E-state index is 13.8. The van der Waals surface area contributed by atoms with Crippen molar-refractivity contribution in [3.8, 4) is 0 Å². The number of aromatic amines is 1. The molecule has 8 nitrogen and oxygen atoms in total. The van der Waals surface area contributed by atoms with Gasteiger partial charge in [0.15, 0.2) is 5.82 Å². The van der Waals surface area contributed by atoms with Crippen LogP contribution in [0.25, 0.3) is 10.9 Å². The molecule has 0 saturated carbocycles. The highest BCUT2D eigenvalue weighted by molar-refractivity contribution is 5.80. The van der Waals surface area contributed by atoms with Gasteiger partial charge in [0.1, 0.15) is 6.04 Å². The Kier molecular flexibility index (Phi) is 8.30. The molecule has 0 unspecified atom stereocenters. The number of hydrogen-bond donors (Lipinski definition) is 1. The number of pyridine rings is 1. The summed E-state index contributed by atoms with van der Waals surface area (Å²) in [6, 6.07) is 28.6. The highest BCUT2D eigenvalue weighted by Gasteiger charge is 2.32. The molecule has 1 fully saturated rings. The fourth-order valence-corrected chi connectivity index (χ4v) is 5.75. The lowest BCUT2D eigenvalue weighted by atomic mass is 10.00. The first-order valence-corrected chi connectivity index (χ1v) is 14.5. The largest absolute Gasteiger partial charge is 0.376 e. The van der Waals surface area contributed by atoms with E-state index in [-0.39, 0.29) is 11.7 Å². The molecule has 1 aliphatic rings. The molecule has 3 aromatic carbocycles. The third-order valence-electron chi connectivity index (χ3n) is 7.97. The molecule has 1 saturated heterocycles. The van der Waals surface area contributed by atoms with E-state index in [0.29, 0.717) is 31.0 Å². The zero-order valence-electron chi connectivity index (χ0n) is 23.4. The summed E-state index contributed by atoms with van der Waals surface area (Å²) in [6.07, 6.45) is 3.81. The van der Waals surface area contributed by atoms with Gasteiger partial charge in [-0.1, -0.05) is 73.7 Å². The van der Waals surface area contributed by atoms with Crippen molar-refractivity contribution in [2.75, 3.05) is 13.2 Å². The van der Waals surface area contributed by atoms with Gasteiger partial charge < -0.3 is 9.72 Å². The number of hydrogen-bond acceptors (Lipinski definition) is 6. The third-order valence-corrected chi connectivity index (χ3v) is 7.97. The van der Waals surface area contributed by atoms with Crippen molar-refractivity contribution >= 4 is 10.9 Å². The van der Waals surface area contributed by atoms with Crippen LogP contribution >= 0.6 is 0 Å². The van der Waals surface area contributed by atoms with Crippen molar-refractivity contribution in [3.05, 3.63) is 123 Å². The average molecular weight is 549 g/mol. The van der Waals surface area contributed by atoms with Gasteiger partial charge in [-0.3, -0.25) is 9.69 Å².